The number of aliphatic hydroxyl groups is 1. The number of carbonyl (C=O) groups excluding carboxylic acids is 1. The topological polar surface area (TPSA) is 90.9 Å². The molecule has 6 heteroatoms. The van der Waals surface area contributed by atoms with E-state index < -0.39 is 0 Å². The zero-order chi connectivity index (χ0) is 18.8. The Morgan fingerprint density at radius 3 is 2.59 bits per heavy atom. The average Bonchev–Trinajstić information content (AvgIpc) is 3.07. The predicted octanol–water partition coefficient (Wildman–Crippen LogP) is 3.02. The van der Waals surface area contributed by atoms with E-state index >= 15 is 0 Å². The Morgan fingerprint density at radius 1 is 1.19 bits per heavy atom. The zero-order valence-electron chi connectivity index (χ0n) is 15.1. The Morgan fingerprint density at radius 2 is 1.93 bits per heavy atom. The second-order valence-electron chi connectivity index (χ2n) is 7.02. The number of benzene rings is 1. The van der Waals surface area contributed by atoms with Crippen molar-refractivity contribution < 1.29 is 9.90 Å². The molecule has 2 heterocycles. The van der Waals surface area contributed by atoms with E-state index in [1.54, 1.807) is 6.20 Å². The lowest BCUT2D eigenvalue weighted by molar-refractivity contribution is 0.0227. The van der Waals surface area contributed by atoms with Crippen LogP contribution in [0.25, 0.3) is 11.4 Å². The SMILES string of the molecule is Cc1[nH]c(-c2ccccc2)nc1C(=O)N[C@H](c1ccccn1)C1CC(O)C1. The minimum atomic E-state index is -0.296. The fourth-order valence-electron chi connectivity index (χ4n) is 3.52. The van der Waals surface area contributed by atoms with Crippen molar-refractivity contribution in [3.05, 3.63) is 71.8 Å². The summed E-state index contributed by atoms with van der Waals surface area (Å²) >= 11 is 0. The van der Waals surface area contributed by atoms with Gasteiger partial charge in [0.05, 0.1) is 17.8 Å². The molecule has 6 nitrogen and oxygen atoms in total. The Balaban J connectivity index is 1.57. The number of aromatic amines is 1. The number of aromatic nitrogens is 3. The van der Waals surface area contributed by atoms with E-state index in [0.29, 0.717) is 24.4 Å². The van der Waals surface area contributed by atoms with Crippen LogP contribution < -0.4 is 5.32 Å². The fraction of sp³-hybridized carbons (Fsp3) is 0.286. The van der Waals surface area contributed by atoms with Crippen molar-refractivity contribution in [2.75, 3.05) is 0 Å². The summed E-state index contributed by atoms with van der Waals surface area (Å²) in [5, 5.41) is 12.8. The fourth-order valence-corrected chi connectivity index (χ4v) is 3.52. The van der Waals surface area contributed by atoms with Crippen molar-refractivity contribution in [3.8, 4) is 11.4 Å². The van der Waals surface area contributed by atoms with Crippen LogP contribution in [0.5, 0.6) is 0 Å². The van der Waals surface area contributed by atoms with Gasteiger partial charge in [-0.1, -0.05) is 36.4 Å². The van der Waals surface area contributed by atoms with Gasteiger partial charge in [0.15, 0.2) is 0 Å². The molecular weight excluding hydrogens is 340 g/mol. The van der Waals surface area contributed by atoms with Crippen LogP contribution in [-0.2, 0) is 0 Å². The molecule has 1 saturated carbocycles. The highest BCUT2D eigenvalue weighted by Gasteiger charge is 2.36. The lowest BCUT2D eigenvalue weighted by Crippen LogP contribution is -2.42. The van der Waals surface area contributed by atoms with Gasteiger partial charge in [-0.05, 0) is 37.8 Å². The van der Waals surface area contributed by atoms with E-state index in [0.717, 1.165) is 17.0 Å². The van der Waals surface area contributed by atoms with Crippen molar-refractivity contribution in [2.24, 2.45) is 5.92 Å². The Kier molecular flexibility index (Phi) is 4.73. The van der Waals surface area contributed by atoms with Gasteiger partial charge in [0.2, 0.25) is 0 Å². The quantitative estimate of drug-likeness (QED) is 0.651. The molecule has 0 spiro atoms. The van der Waals surface area contributed by atoms with Crippen LogP contribution in [0.4, 0.5) is 0 Å². The Labute approximate surface area is 157 Å². The van der Waals surface area contributed by atoms with Gasteiger partial charge < -0.3 is 15.4 Å². The molecule has 0 aliphatic heterocycles. The van der Waals surface area contributed by atoms with Gasteiger partial charge in [-0.15, -0.1) is 0 Å². The van der Waals surface area contributed by atoms with Crippen LogP contribution in [0.3, 0.4) is 0 Å². The van der Waals surface area contributed by atoms with Gasteiger partial charge in [0.25, 0.3) is 5.91 Å². The third-order valence-electron chi connectivity index (χ3n) is 5.06. The van der Waals surface area contributed by atoms with Gasteiger partial charge in [-0.3, -0.25) is 9.78 Å². The minimum Gasteiger partial charge on any atom is -0.393 e. The molecule has 0 saturated heterocycles. The Bertz CT molecular complexity index is 918. The summed E-state index contributed by atoms with van der Waals surface area (Å²) in [5.41, 5.74) is 2.84. The third kappa shape index (κ3) is 3.61. The van der Waals surface area contributed by atoms with Crippen molar-refractivity contribution in [3.63, 3.8) is 0 Å². The highest BCUT2D eigenvalue weighted by atomic mass is 16.3. The first-order valence-electron chi connectivity index (χ1n) is 9.13. The second kappa shape index (κ2) is 7.32. The molecule has 0 unspecified atom stereocenters. The van der Waals surface area contributed by atoms with Gasteiger partial charge in [0, 0.05) is 17.5 Å². The van der Waals surface area contributed by atoms with Crippen LogP contribution in [0.2, 0.25) is 0 Å². The molecule has 1 aliphatic carbocycles. The minimum absolute atomic E-state index is 0.173. The second-order valence-corrected chi connectivity index (χ2v) is 7.02. The molecule has 1 aromatic carbocycles. The monoisotopic (exact) mass is 362 g/mol. The molecular formula is C21H22N4O2. The lowest BCUT2D eigenvalue weighted by atomic mass is 9.76. The molecule has 138 valence electrons. The van der Waals surface area contributed by atoms with E-state index in [9.17, 15) is 9.90 Å². The molecule has 1 aliphatic rings. The predicted molar refractivity (Wildman–Crippen MR) is 102 cm³/mol. The molecule has 3 aromatic rings. The van der Waals surface area contributed by atoms with Crippen LogP contribution in [-0.4, -0.2) is 32.1 Å². The number of nitrogens with zero attached hydrogens (tertiary/aromatic N) is 2. The standard InChI is InChI=1S/C21H22N4O2/c1-13-18(24-20(23-13)14-7-3-2-4-8-14)21(27)25-19(15-11-16(26)12-15)17-9-5-6-10-22-17/h2-10,15-16,19,26H,11-12H2,1H3,(H,23,24)(H,25,27)/t15?,16?,19-/m0/s1. The lowest BCUT2D eigenvalue weighted by Gasteiger charge is -2.37. The summed E-state index contributed by atoms with van der Waals surface area (Å²) in [5.74, 6) is 0.612. The van der Waals surface area contributed by atoms with E-state index in [4.69, 9.17) is 0 Å². The van der Waals surface area contributed by atoms with E-state index in [-0.39, 0.29) is 24.0 Å². The molecule has 1 atom stereocenters. The number of amides is 1. The number of pyridine rings is 1. The van der Waals surface area contributed by atoms with Crippen molar-refractivity contribution in [1.82, 2.24) is 20.3 Å². The molecule has 4 rings (SSSR count). The maximum absolute atomic E-state index is 12.9. The smallest absolute Gasteiger partial charge is 0.272 e. The number of hydrogen-bond acceptors (Lipinski definition) is 4. The van der Waals surface area contributed by atoms with Crippen LogP contribution in [0.1, 0.15) is 40.8 Å². The van der Waals surface area contributed by atoms with E-state index in [2.05, 4.69) is 20.3 Å². The molecule has 3 N–H and O–H groups in total. The summed E-state index contributed by atoms with van der Waals surface area (Å²) in [6.07, 6.45) is 2.75. The molecule has 27 heavy (non-hydrogen) atoms. The molecule has 1 fully saturated rings. The molecule has 0 bridgehead atoms. The maximum atomic E-state index is 12.9. The first kappa shape index (κ1) is 17.4. The summed E-state index contributed by atoms with van der Waals surface area (Å²) < 4.78 is 0. The van der Waals surface area contributed by atoms with Crippen LogP contribution in [0.15, 0.2) is 54.7 Å². The highest BCUT2D eigenvalue weighted by molar-refractivity contribution is 5.94. The first-order valence-corrected chi connectivity index (χ1v) is 9.13. The van der Waals surface area contributed by atoms with Gasteiger partial charge in [-0.2, -0.15) is 0 Å². The number of imidazole rings is 1. The number of nitrogens with one attached hydrogen (secondary N) is 2. The van der Waals surface area contributed by atoms with Gasteiger partial charge >= 0.3 is 0 Å². The highest BCUT2D eigenvalue weighted by Crippen LogP contribution is 2.37. The average molecular weight is 362 g/mol. The van der Waals surface area contributed by atoms with E-state index in [1.807, 2.05) is 55.5 Å². The normalized spacial score (nSPS) is 19.9. The van der Waals surface area contributed by atoms with Crippen molar-refractivity contribution in [1.29, 1.82) is 0 Å². The Hall–Kier alpha value is -2.99. The van der Waals surface area contributed by atoms with Gasteiger partial charge in [-0.25, -0.2) is 4.98 Å². The molecule has 1 amide bonds. The van der Waals surface area contributed by atoms with Gasteiger partial charge in [0.1, 0.15) is 11.5 Å². The van der Waals surface area contributed by atoms with E-state index in [1.165, 1.54) is 0 Å². The molecule has 2 aromatic heterocycles. The van der Waals surface area contributed by atoms with Crippen molar-refractivity contribution in [2.45, 2.75) is 31.9 Å². The largest absolute Gasteiger partial charge is 0.393 e. The number of H-pyrrole nitrogens is 1. The van der Waals surface area contributed by atoms with Crippen LogP contribution >= 0.6 is 0 Å². The maximum Gasteiger partial charge on any atom is 0.272 e. The number of rotatable bonds is 5. The zero-order valence-corrected chi connectivity index (χ0v) is 15.1. The number of aryl methyl sites for hydroxylation is 1. The summed E-state index contributed by atoms with van der Waals surface area (Å²) in [4.78, 5) is 25.0. The number of aliphatic hydroxyl groups excluding tert-OH is 1. The number of hydrogen-bond donors (Lipinski definition) is 3. The first-order chi connectivity index (χ1) is 13.1. The summed E-state index contributed by atoms with van der Waals surface area (Å²) in [7, 11) is 0. The number of carbonyl (C=O) groups is 1. The summed E-state index contributed by atoms with van der Waals surface area (Å²) in [6.45, 7) is 1.84. The van der Waals surface area contributed by atoms with Crippen LogP contribution in [0, 0.1) is 12.8 Å². The molecule has 0 radical (unpaired) electrons. The third-order valence-corrected chi connectivity index (χ3v) is 5.06. The van der Waals surface area contributed by atoms with Crippen molar-refractivity contribution >= 4 is 5.91 Å². The summed E-state index contributed by atoms with van der Waals surface area (Å²) in [6, 6.07) is 15.1.